The molecule has 6 nitrogen and oxygen atoms in total. The summed E-state index contributed by atoms with van der Waals surface area (Å²) in [4.78, 5) is 26.1. The average Bonchev–Trinajstić information content (AvgIpc) is 2.67. The molecule has 0 saturated carbocycles. The van der Waals surface area contributed by atoms with Gasteiger partial charge in [-0.05, 0) is 49.1 Å². The van der Waals surface area contributed by atoms with Crippen molar-refractivity contribution in [1.29, 1.82) is 0 Å². The molecule has 0 bridgehead atoms. The molecule has 1 aliphatic heterocycles. The summed E-state index contributed by atoms with van der Waals surface area (Å²) in [5.74, 6) is -0.471. The average molecular weight is 385 g/mol. The molecule has 1 aliphatic rings. The fraction of sp³-hybridized carbons (Fsp3) is 0.333. The smallest absolute Gasteiger partial charge is 0.262 e. The van der Waals surface area contributed by atoms with Gasteiger partial charge in [0.1, 0.15) is 11.6 Å². The zero-order valence-corrected chi connectivity index (χ0v) is 15.8. The van der Waals surface area contributed by atoms with Crippen LogP contribution in [0.15, 0.2) is 42.5 Å². The minimum absolute atomic E-state index is 0.270. The lowest BCUT2D eigenvalue weighted by Gasteiger charge is -2.33. The molecule has 2 aromatic rings. The topological polar surface area (TPSA) is 84.7 Å². The van der Waals surface area contributed by atoms with Crippen LogP contribution in [0.3, 0.4) is 0 Å². The van der Waals surface area contributed by atoms with Crippen molar-refractivity contribution in [3.05, 3.63) is 53.8 Å². The summed E-state index contributed by atoms with van der Waals surface area (Å²) >= 11 is 0. The molecule has 0 spiro atoms. The molecule has 2 amide bonds. The number of halogens is 1. The highest BCUT2D eigenvalue weighted by atomic mass is 19.1. The number of anilines is 2. The first-order valence-electron chi connectivity index (χ1n) is 9.29. The van der Waals surface area contributed by atoms with E-state index in [9.17, 15) is 14.0 Å². The van der Waals surface area contributed by atoms with E-state index in [1.54, 1.807) is 24.3 Å². The highest BCUT2D eigenvalue weighted by Crippen LogP contribution is 2.31. The van der Waals surface area contributed by atoms with Crippen molar-refractivity contribution in [3.63, 3.8) is 0 Å². The van der Waals surface area contributed by atoms with Crippen LogP contribution in [0.2, 0.25) is 0 Å². The second-order valence-electron chi connectivity index (χ2n) is 7.06. The third-order valence-electron chi connectivity index (χ3n) is 4.85. The van der Waals surface area contributed by atoms with Crippen LogP contribution in [0.1, 0.15) is 30.1 Å². The van der Waals surface area contributed by atoms with Crippen LogP contribution in [0.4, 0.5) is 15.8 Å². The lowest BCUT2D eigenvalue weighted by molar-refractivity contribution is -0.118. The van der Waals surface area contributed by atoms with E-state index in [1.165, 1.54) is 18.2 Å². The van der Waals surface area contributed by atoms with E-state index in [-0.39, 0.29) is 12.4 Å². The predicted octanol–water partition coefficient (Wildman–Crippen LogP) is 3.18. The molecule has 3 N–H and O–H groups in total. The standard InChI is InChI=1S/C21H24FN3O3/c1-14-7-9-25(10-8-14)19-6-5-15(21(23)27)11-18(19)24-20(26)13-28-17-4-2-3-16(22)12-17/h2-6,11-12,14H,7-10,13H2,1H3,(H2,23,27)(H,24,26). The van der Waals surface area contributed by atoms with Crippen molar-refractivity contribution in [3.8, 4) is 5.75 Å². The Morgan fingerprint density at radius 3 is 2.64 bits per heavy atom. The normalized spacial score (nSPS) is 14.6. The lowest BCUT2D eigenvalue weighted by atomic mass is 9.98. The third-order valence-corrected chi connectivity index (χ3v) is 4.85. The maximum atomic E-state index is 13.2. The molecule has 7 heteroatoms. The van der Waals surface area contributed by atoms with Gasteiger partial charge in [0.2, 0.25) is 5.91 Å². The van der Waals surface area contributed by atoms with Gasteiger partial charge in [-0.15, -0.1) is 0 Å². The summed E-state index contributed by atoms with van der Waals surface area (Å²) in [6.07, 6.45) is 2.13. The van der Waals surface area contributed by atoms with Crippen molar-refractivity contribution in [1.82, 2.24) is 0 Å². The molecule has 0 radical (unpaired) electrons. The summed E-state index contributed by atoms with van der Waals surface area (Å²) < 4.78 is 18.6. The predicted molar refractivity (Wildman–Crippen MR) is 106 cm³/mol. The van der Waals surface area contributed by atoms with E-state index in [2.05, 4.69) is 17.1 Å². The van der Waals surface area contributed by atoms with Crippen LogP contribution >= 0.6 is 0 Å². The van der Waals surface area contributed by atoms with E-state index < -0.39 is 17.6 Å². The highest BCUT2D eigenvalue weighted by Gasteiger charge is 2.20. The van der Waals surface area contributed by atoms with Crippen LogP contribution in [0, 0.1) is 11.7 Å². The van der Waals surface area contributed by atoms with Crippen LogP contribution < -0.4 is 20.7 Å². The maximum Gasteiger partial charge on any atom is 0.262 e. The van der Waals surface area contributed by atoms with Crippen molar-refractivity contribution >= 4 is 23.2 Å². The zero-order valence-electron chi connectivity index (χ0n) is 15.8. The fourth-order valence-electron chi connectivity index (χ4n) is 3.21. The zero-order chi connectivity index (χ0) is 20.1. The number of ether oxygens (including phenoxy) is 1. The lowest BCUT2D eigenvalue weighted by Crippen LogP contribution is -2.34. The minimum Gasteiger partial charge on any atom is -0.484 e. The maximum absolute atomic E-state index is 13.2. The molecular formula is C21H24FN3O3. The van der Waals surface area contributed by atoms with Crippen LogP contribution in [0.25, 0.3) is 0 Å². The summed E-state index contributed by atoms with van der Waals surface area (Å²) in [7, 11) is 0. The molecule has 2 aromatic carbocycles. The van der Waals surface area contributed by atoms with Gasteiger partial charge in [-0.3, -0.25) is 9.59 Å². The number of piperidine rings is 1. The number of amides is 2. The molecule has 1 heterocycles. The van der Waals surface area contributed by atoms with Gasteiger partial charge in [0.25, 0.3) is 5.91 Å². The Kier molecular flexibility index (Phi) is 6.13. The van der Waals surface area contributed by atoms with Gasteiger partial charge >= 0.3 is 0 Å². The number of rotatable bonds is 6. The number of benzene rings is 2. The van der Waals surface area contributed by atoms with Gasteiger partial charge in [0.05, 0.1) is 11.4 Å². The number of nitrogens with one attached hydrogen (secondary N) is 1. The van der Waals surface area contributed by atoms with Crippen molar-refractivity contribution in [2.24, 2.45) is 11.7 Å². The van der Waals surface area contributed by atoms with Crippen molar-refractivity contribution < 1.29 is 18.7 Å². The molecule has 0 aromatic heterocycles. The number of carbonyl (C=O) groups excluding carboxylic acids is 2. The second-order valence-corrected chi connectivity index (χ2v) is 7.06. The molecular weight excluding hydrogens is 361 g/mol. The van der Waals surface area contributed by atoms with Gasteiger partial charge in [0, 0.05) is 24.7 Å². The van der Waals surface area contributed by atoms with Crippen molar-refractivity contribution in [2.45, 2.75) is 19.8 Å². The minimum atomic E-state index is -0.565. The highest BCUT2D eigenvalue weighted by molar-refractivity contribution is 5.99. The van der Waals surface area contributed by atoms with Gasteiger partial charge < -0.3 is 20.7 Å². The Morgan fingerprint density at radius 1 is 1.21 bits per heavy atom. The fourth-order valence-corrected chi connectivity index (χ4v) is 3.21. The third kappa shape index (κ3) is 5.00. The SMILES string of the molecule is CC1CCN(c2ccc(C(N)=O)cc2NC(=O)COc2cccc(F)c2)CC1. The molecule has 3 rings (SSSR count). The van der Waals surface area contributed by atoms with Crippen LogP contribution in [0.5, 0.6) is 5.75 Å². The molecule has 0 atom stereocenters. The summed E-state index contributed by atoms with van der Waals surface area (Å²) in [5.41, 5.74) is 7.06. The Balaban J connectivity index is 1.73. The Hall–Kier alpha value is -3.09. The number of nitrogens with two attached hydrogens (primary N) is 1. The molecule has 0 aliphatic carbocycles. The summed E-state index contributed by atoms with van der Waals surface area (Å²) in [5, 5.41) is 2.79. The second kappa shape index (κ2) is 8.73. The molecule has 1 saturated heterocycles. The van der Waals surface area contributed by atoms with E-state index in [0.717, 1.165) is 31.6 Å². The first-order chi connectivity index (χ1) is 13.4. The Labute approximate surface area is 163 Å². The van der Waals surface area contributed by atoms with Crippen LogP contribution in [-0.2, 0) is 4.79 Å². The molecule has 1 fully saturated rings. The largest absolute Gasteiger partial charge is 0.484 e. The summed E-state index contributed by atoms with van der Waals surface area (Å²) in [6, 6.07) is 10.6. The first-order valence-corrected chi connectivity index (χ1v) is 9.29. The number of nitrogens with zero attached hydrogens (tertiary/aromatic N) is 1. The Bertz CT molecular complexity index is 864. The summed E-state index contributed by atoms with van der Waals surface area (Å²) in [6.45, 7) is 3.69. The molecule has 0 unspecified atom stereocenters. The number of primary amides is 1. The van der Waals surface area contributed by atoms with Gasteiger partial charge in [-0.2, -0.15) is 0 Å². The van der Waals surface area contributed by atoms with E-state index >= 15 is 0 Å². The number of hydrogen-bond acceptors (Lipinski definition) is 4. The van der Waals surface area contributed by atoms with Crippen LogP contribution in [-0.4, -0.2) is 31.5 Å². The monoisotopic (exact) mass is 385 g/mol. The van der Waals surface area contributed by atoms with Gasteiger partial charge in [0.15, 0.2) is 6.61 Å². The first kappa shape index (κ1) is 19.7. The van der Waals surface area contributed by atoms with E-state index in [0.29, 0.717) is 17.2 Å². The van der Waals surface area contributed by atoms with Crippen molar-refractivity contribution in [2.75, 3.05) is 29.9 Å². The molecule has 148 valence electrons. The number of hydrogen-bond donors (Lipinski definition) is 2. The molecule has 28 heavy (non-hydrogen) atoms. The van der Waals surface area contributed by atoms with Gasteiger partial charge in [-0.25, -0.2) is 4.39 Å². The number of carbonyl (C=O) groups is 2. The van der Waals surface area contributed by atoms with E-state index in [1.807, 2.05) is 0 Å². The quantitative estimate of drug-likeness (QED) is 0.800. The van der Waals surface area contributed by atoms with Gasteiger partial charge in [-0.1, -0.05) is 13.0 Å². The Morgan fingerprint density at radius 2 is 1.96 bits per heavy atom. The van der Waals surface area contributed by atoms with E-state index in [4.69, 9.17) is 10.5 Å².